The van der Waals surface area contributed by atoms with Crippen LogP contribution in [0.5, 0.6) is 0 Å². The molecule has 0 atom stereocenters. The Morgan fingerprint density at radius 3 is 2.22 bits per heavy atom. The van der Waals surface area contributed by atoms with E-state index in [1.807, 2.05) is 0 Å². The van der Waals surface area contributed by atoms with Crippen LogP contribution in [0.1, 0.15) is 6.92 Å². The second-order valence-corrected chi connectivity index (χ2v) is 2.33. The van der Waals surface area contributed by atoms with Crippen LogP contribution in [0.2, 0.25) is 0 Å². The normalized spacial score (nSPS) is 41.4. The summed E-state index contributed by atoms with van der Waals surface area (Å²) in [5.41, 5.74) is -1.40. The third kappa shape index (κ3) is 1.64. The molecule has 0 aromatic carbocycles. The van der Waals surface area contributed by atoms with Crippen molar-refractivity contribution in [3.63, 3.8) is 0 Å². The first kappa shape index (κ1) is 6.49. The lowest BCUT2D eigenvalue weighted by Gasteiger charge is -2.14. The average Bonchev–Trinajstić information content (AvgIpc) is 1.78. The molecular weight excluding hydrogens is 119 g/mol. The molecule has 1 rings (SSSR count). The average molecular weight is 127 g/mol. The second-order valence-electron chi connectivity index (χ2n) is 2.33. The van der Waals surface area contributed by atoms with Gasteiger partial charge in [-0.3, -0.25) is 0 Å². The first-order chi connectivity index (χ1) is 4.10. The van der Waals surface area contributed by atoms with Crippen molar-refractivity contribution in [1.82, 2.24) is 0 Å². The lowest BCUT2D eigenvalue weighted by molar-refractivity contribution is 0.162. The molecule has 0 heterocycles. The van der Waals surface area contributed by atoms with Crippen molar-refractivity contribution >= 4 is 0 Å². The quantitative estimate of drug-likeness (QED) is 0.441. The highest BCUT2D eigenvalue weighted by Gasteiger charge is 2.18. The van der Waals surface area contributed by atoms with Gasteiger partial charge in [0.05, 0.1) is 0 Å². The van der Waals surface area contributed by atoms with Crippen LogP contribution in [0, 0.1) is 0 Å². The van der Waals surface area contributed by atoms with Gasteiger partial charge in [-0.1, -0.05) is 0 Å². The molecule has 49 valence electrons. The topological polar surface area (TPSA) is 19.9 Å². The minimum absolute atomic E-state index is 0.853. The molecule has 0 fully saturated rings. The molecular formula is C7H8FO. The van der Waals surface area contributed by atoms with Crippen LogP contribution in [0.15, 0.2) is 24.3 Å². The largest absolute Gasteiger partial charge is 0.235 e. The van der Waals surface area contributed by atoms with Crippen molar-refractivity contribution in [3.8, 4) is 0 Å². The zero-order valence-electron chi connectivity index (χ0n) is 5.17. The molecule has 0 amide bonds. The van der Waals surface area contributed by atoms with Crippen molar-refractivity contribution in [3.05, 3.63) is 24.3 Å². The molecule has 0 aliphatic heterocycles. The Kier molecular flexibility index (Phi) is 1.41. The molecule has 2 heteroatoms. The number of hydrogen-bond acceptors (Lipinski definition) is 0. The van der Waals surface area contributed by atoms with Gasteiger partial charge in [-0.25, -0.2) is 9.50 Å². The molecule has 0 spiro atoms. The smallest absolute Gasteiger partial charge is 0.144 e. The summed E-state index contributed by atoms with van der Waals surface area (Å²) < 4.78 is 12.7. The highest BCUT2D eigenvalue weighted by atomic mass is 19.1. The van der Waals surface area contributed by atoms with Gasteiger partial charge < -0.3 is 0 Å². The van der Waals surface area contributed by atoms with Gasteiger partial charge in [0.15, 0.2) is 0 Å². The summed E-state index contributed by atoms with van der Waals surface area (Å²) in [6.45, 7) is 1.41. The number of alkyl halides is 1. The van der Waals surface area contributed by atoms with Gasteiger partial charge in [0.2, 0.25) is 0 Å². The lowest BCUT2D eigenvalue weighted by Crippen LogP contribution is -2.15. The van der Waals surface area contributed by atoms with Gasteiger partial charge in [-0.2, -0.15) is 0 Å². The summed E-state index contributed by atoms with van der Waals surface area (Å²) in [6, 6.07) is 0. The van der Waals surface area contributed by atoms with Crippen molar-refractivity contribution in [2.75, 3.05) is 0 Å². The number of hydrogen-bond donors (Lipinski definition) is 0. The summed E-state index contributed by atoms with van der Waals surface area (Å²) in [5, 5.41) is 10.5. The van der Waals surface area contributed by atoms with Crippen LogP contribution in [0.25, 0.3) is 0 Å². The summed E-state index contributed by atoms with van der Waals surface area (Å²) in [4.78, 5) is 0. The molecule has 0 unspecified atom stereocenters. The molecule has 0 N–H and O–H groups in total. The maximum atomic E-state index is 12.7. The summed E-state index contributed by atoms with van der Waals surface area (Å²) >= 11 is 0. The summed E-state index contributed by atoms with van der Waals surface area (Å²) in [7, 11) is 0. The van der Waals surface area contributed by atoms with E-state index in [0.717, 1.165) is 0 Å². The monoisotopic (exact) mass is 127 g/mol. The highest BCUT2D eigenvalue weighted by molar-refractivity contribution is 5.21. The Hall–Kier alpha value is -0.630. The molecule has 1 nitrogen and oxygen atoms in total. The highest BCUT2D eigenvalue weighted by Crippen LogP contribution is 2.18. The van der Waals surface area contributed by atoms with E-state index in [9.17, 15) is 9.50 Å². The number of rotatable bonds is 0. The van der Waals surface area contributed by atoms with Crippen LogP contribution in [-0.4, -0.2) is 11.8 Å². The van der Waals surface area contributed by atoms with Crippen molar-refractivity contribution in [2.45, 2.75) is 18.7 Å². The van der Waals surface area contributed by atoms with Gasteiger partial charge in [0.25, 0.3) is 0 Å². The Morgan fingerprint density at radius 1 is 1.44 bits per heavy atom. The molecule has 1 radical (unpaired) electrons. The van der Waals surface area contributed by atoms with Gasteiger partial charge in [0.1, 0.15) is 11.8 Å². The zero-order valence-corrected chi connectivity index (χ0v) is 5.17. The Labute approximate surface area is 53.5 Å². The molecule has 1 aliphatic carbocycles. The predicted octanol–water partition coefficient (Wildman–Crippen LogP) is 1.64. The van der Waals surface area contributed by atoms with E-state index < -0.39 is 11.8 Å². The predicted molar refractivity (Wildman–Crippen MR) is 32.3 cm³/mol. The molecule has 0 aromatic heterocycles. The van der Waals surface area contributed by atoms with Crippen LogP contribution in [-0.2, 0) is 5.11 Å². The van der Waals surface area contributed by atoms with E-state index in [1.165, 1.54) is 31.2 Å². The fourth-order valence-electron chi connectivity index (χ4n) is 0.686. The molecule has 0 aromatic rings. The summed E-state index contributed by atoms with van der Waals surface area (Å²) in [5.74, 6) is 0. The lowest BCUT2D eigenvalue weighted by atomic mass is 10.0. The van der Waals surface area contributed by atoms with E-state index in [0.29, 0.717) is 0 Å². The van der Waals surface area contributed by atoms with Gasteiger partial charge >= 0.3 is 0 Å². The minimum atomic E-state index is -1.40. The number of halogens is 1. The van der Waals surface area contributed by atoms with Crippen LogP contribution in [0.3, 0.4) is 0 Å². The van der Waals surface area contributed by atoms with E-state index in [4.69, 9.17) is 0 Å². The van der Waals surface area contributed by atoms with E-state index >= 15 is 0 Å². The van der Waals surface area contributed by atoms with Crippen molar-refractivity contribution < 1.29 is 9.50 Å². The van der Waals surface area contributed by atoms with Gasteiger partial charge in [-0.05, 0) is 31.2 Å². The fraction of sp³-hybridized carbons (Fsp3) is 0.429. The Bertz CT molecular complexity index is 142. The first-order valence-electron chi connectivity index (χ1n) is 2.84. The molecule has 9 heavy (non-hydrogen) atoms. The standard InChI is InChI=1S/C7H8FO/c1-7(8)4-2-6(9)3-5-7/h2-6H,1H3. The Morgan fingerprint density at radius 2 is 1.89 bits per heavy atom. The van der Waals surface area contributed by atoms with Crippen molar-refractivity contribution in [2.24, 2.45) is 0 Å². The van der Waals surface area contributed by atoms with E-state index in [1.54, 1.807) is 0 Å². The van der Waals surface area contributed by atoms with Crippen molar-refractivity contribution in [1.29, 1.82) is 0 Å². The fourth-order valence-corrected chi connectivity index (χ4v) is 0.686. The Balaban J connectivity index is 2.70. The third-order valence-electron chi connectivity index (χ3n) is 1.22. The van der Waals surface area contributed by atoms with Gasteiger partial charge in [-0.15, -0.1) is 0 Å². The maximum Gasteiger partial charge on any atom is 0.144 e. The second kappa shape index (κ2) is 1.95. The van der Waals surface area contributed by atoms with E-state index in [2.05, 4.69) is 0 Å². The van der Waals surface area contributed by atoms with Crippen LogP contribution >= 0.6 is 0 Å². The van der Waals surface area contributed by atoms with E-state index in [-0.39, 0.29) is 0 Å². The maximum absolute atomic E-state index is 12.7. The first-order valence-corrected chi connectivity index (χ1v) is 2.84. The third-order valence-corrected chi connectivity index (χ3v) is 1.22. The summed E-state index contributed by atoms with van der Waals surface area (Å²) in [6.07, 6.45) is 4.35. The molecule has 0 saturated heterocycles. The molecule has 0 saturated carbocycles. The van der Waals surface area contributed by atoms with Crippen LogP contribution < -0.4 is 0 Å². The van der Waals surface area contributed by atoms with Crippen LogP contribution in [0.4, 0.5) is 4.39 Å². The SMILES string of the molecule is CC1(F)C=CC([O])C=C1. The zero-order chi connectivity index (χ0) is 6.91. The molecule has 0 bridgehead atoms. The minimum Gasteiger partial charge on any atom is -0.235 e. The van der Waals surface area contributed by atoms with Gasteiger partial charge in [0, 0.05) is 0 Å². The number of allylic oxidation sites excluding steroid dienone is 2. The molecule has 1 aliphatic rings.